The lowest BCUT2D eigenvalue weighted by molar-refractivity contribution is -0.128. The monoisotopic (exact) mass is 259 g/mol. The summed E-state index contributed by atoms with van der Waals surface area (Å²) in [6.07, 6.45) is 0. The number of amides is 1. The molecule has 5 heteroatoms. The molecule has 1 heterocycles. The fourth-order valence-electron chi connectivity index (χ4n) is 2.22. The van der Waals surface area contributed by atoms with Crippen molar-refractivity contribution < 1.29 is 9.53 Å². The van der Waals surface area contributed by atoms with E-state index in [1.165, 1.54) is 0 Å². The molecule has 1 fully saturated rings. The maximum Gasteiger partial charge on any atom is 0.237 e. The fraction of sp³-hybridized carbons (Fsp3) is 0.429. The molecule has 1 atom stereocenters. The van der Waals surface area contributed by atoms with Crippen molar-refractivity contribution in [3.8, 4) is 11.8 Å². The van der Waals surface area contributed by atoms with Gasteiger partial charge in [0.2, 0.25) is 5.91 Å². The van der Waals surface area contributed by atoms with Crippen LogP contribution in [0.4, 0.5) is 0 Å². The van der Waals surface area contributed by atoms with E-state index in [9.17, 15) is 4.79 Å². The number of hydrogen-bond acceptors (Lipinski definition) is 4. The van der Waals surface area contributed by atoms with Crippen molar-refractivity contribution in [2.45, 2.75) is 19.5 Å². The molecule has 1 N–H and O–H groups in total. The van der Waals surface area contributed by atoms with Gasteiger partial charge >= 0.3 is 0 Å². The SMILES string of the molecule is COc1ccc(CN2CCNC(=O)C2C)cc1C#N. The second-order valence-corrected chi connectivity index (χ2v) is 4.58. The van der Waals surface area contributed by atoms with Crippen LogP contribution in [0.2, 0.25) is 0 Å². The van der Waals surface area contributed by atoms with Gasteiger partial charge in [-0.3, -0.25) is 9.69 Å². The quantitative estimate of drug-likeness (QED) is 0.875. The molecule has 2 rings (SSSR count). The number of nitrogens with zero attached hydrogens (tertiary/aromatic N) is 2. The van der Waals surface area contributed by atoms with Crippen LogP contribution in [-0.4, -0.2) is 37.0 Å². The molecule has 5 nitrogen and oxygen atoms in total. The summed E-state index contributed by atoms with van der Waals surface area (Å²) in [5, 5.41) is 11.9. The van der Waals surface area contributed by atoms with Gasteiger partial charge in [-0.2, -0.15) is 5.26 Å². The summed E-state index contributed by atoms with van der Waals surface area (Å²) < 4.78 is 5.12. The number of methoxy groups -OCH3 is 1. The first-order valence-corrected chi connectivity index (χ1v) is 6.24. The Labute approximate surface area is 112 Å². The van der Waals surface area contributed by atoms with E-state index in [1.807, 2.05) is 19.1 Å². The summed E-state index contributed by atoms with van der Waals surface area (Å²) in [5.41, 5.74) is 1.54. The van der Waals surface area contributed by atoms with Gasteiger partial charge in [0.05, 0.1) is 18.7 Å². The Balaban J connectivity index is 2.15. The van der Waals surface area contributed by atoms with Crippen LogP contribution in [0.25, 0.3) is 0 Å². The Morgan fingerprint density at radius 3 is 3.05 bits per heavy atom. The zero-order chi connectivity index (χ0) is 13.8. The van der Waals surface area contributed by atoms with E-state index >= 15 is 0 Å². The summed E-state index contributed by atoms with van der Waals surface area (Å²) >= 11 is 0. The second-order valence-electron chi connectivity index (χ2n) is 4.58. The highest BCUT2D eigenvalue weighted by atomic mass is 16.5. The van der Waals surface area contributed by atoms with Crippen molar-refractivity contribution in [1.29, 1.82) is 5.26 Å². The third-order valence-corrected chi connectivity index (χ3v) is 3.40. The molecule has 0 spiro atoms. The van der Waals surface area contributed by atoms with Crippen LogP contribution in [0.1, 0.15) is 18.1 Å². The Morgan fingerprint density at radius 2 is 2.37 bits per heavy atom. The predicted molar refractivity (Wildman–Crippen MR) is 70.6 cm³/mol. The molecular weight excluding hydrogens is 242 g/mol. The van der Waals surface area contributed by atoms with Gasteiger partial charge in [-0.25, -0.2) is 0 Å². The third kappa shape index (κ3) is 2.85. The van der Waals surface area contributed by atoms with Gasteiger partial charge in [-0.05, 0) is 24.6 Å². The topological polar surface area (TPSA) is 65.4 Å². The number of hydrogen-bond donors (Lipinski definition) is 1. The Bertz CT molecular complexity index is 522. The number of rotatable bonds is 3. The minimum absolute atomic E-state index is 0.0558. The van der Waals surface area contributed by atoms with Crippen molar-refractivity contribution >= 4 is 5.91 Å². The van der Waals surface area contributed by atoms with Crippen LogP contribution in [0.15, 0.2) is 18.2 Å². The lowest BCUT2D eigenvalue weighted by Crippen LogP contribution is -2.53. The molecule has 1 saturated heterocycles. The second kappa shape index (κ2) is 5.72. The molecule has 0 aromatic heterocycles. The first-order valence-electron chi connectivity index (χ1n) is 6.24. The molecule has 100 valence electrons. The number of piperazine rings is 1. The molecule has 1 aromatic carbocycles. The maximum absolute atomic E-state index is 11.6. The van der Waals surface area contributed by atoms with Gasteiger partial charge < -0.3 is 10.1 Å². The van der Waals surface area contributed by atoms with Crippen LogP contribution in [0.5, 0.6) is 5.75 Å². The van der Waals surface area contributed by atoms with Crippen LogP contribution in [0, 0.1) is 11.3 Å². The average molecular weight is 259 g/mol. The zero-order valence-corrected chi connectivity index (χ0v) is 11.1. The van der Waals surface area contributed by atoms with E-state index in [0.29, 0.717) is 24.4 Å². The molecule has 0 aliphatic carbocycles. The number of ether oxygens (including phenoxy) is 1. The van der Waals surface area contributed by atoms with Gasteiger partial charge in [0.25, 0.3) is 0 Å². The summed E-state index contributed by atoms with van der Waals surface area (Å²) in [7, 11) is 1.55. The smallest absolute Gasteiger partial charge is 0.237 e. The lowest BCUT2D eigenvalue weighted by atomic mass is 10.1. The third-order valence-electron chi connectivity index (χ3n) is 3.40. The molecule has 0 radical (unpaired) electrons. The normalized spacial score (nSPS) is 19.6. The van der Waals surface area contributed by atoms with E-state index in [2.05, 4.69) is 16.3 Å². The number of carbonyl (C=O) groups excluding carboxylic acids is 1. The van der Waals surface area contributed by atoms with Crippen molar-refractivity contribution in [1.82, 2.24) is 10.2 Å². The summed E-state index contributed by atoms with van der Waals surface area (Å²) in [5.74, 6) is 0.635. The zero-order valence-electron chi connectivity index (χ0n) is 11.1. The number of nitriles is 1. The van der Waals surface area contributed by atoms with Gasteiger partial charge in [0, 0.05) is 19.6 Å². The molecular formula is C14H17N3O2. The Hall–Kier alpha value is -2.06. The number of nitrogens with one attached hydrogen (secondary N) is 1. The fourth-order valence-corrected chi connectivity index (χ4v) is 2.22. The van der Waals surface area contributed by atoms with E-state index in [4.69, 9.17) is 10.00 Å². The van der Waals surface area contributed by atoms with Crippen molar-refractivity contribution in [3.05, 3.63) is 29.3 Å². The Morgan fingerprint density at radius 1 is 1.58 bits per heavy atom. The molecule has 1 aliphatic heterocycles. The largest absolute Gasteiger partial charge is 0.495 e. The van der Waals surface area contributed by atoms with Gasteiger partial charge in [-0.1, -0.05) is 6.07 Å². The van der Waals surface area contributed by atoms with Gasteiger partial charge in [0.1, 0.15) is 11.8 Å². The van der Waals surface area contributed by atoms with Crippen molar-refractivity contribution in [2.24, 2.45) is 0 Å². The molecule has 0 saturated carbocycles. The summed E-state index contributed by atoms with van der Waals surface area (Å²) in [4.78, 5) is 13.7. The molecule has 19 heavy (non-hydrogen) atoms. The standard InChI is InChI=1S/C14H17N3O2/c1-10-14(18)16-5-6-17(10)9-11-3-4-13(19-2)12(7-11)8-15/h3-4,7,10H,5-6,9H2,1-2H3,(H,16,18). The van der Waals surface area contributed by atoms with E-state index < -0.39 is 0 Å². The number of carbonyl (C=O) groups is 1. The van der Waals surface area contributed by atoms with Crippen LogP contribution in [-0.2, 0) is 11.3 Å². The van der Waals surface area contributed by atoms with Crippen LogP contribution < -0.4 is 10.1 Å². The molecule has 1 aromatic rings. The number of benzene rings is 1. The minimum Gasteiger partial charge on any atom is -0.495 e. The first-order chi connectivity index (χ1) is 9.15. The van der Waals surface area contributed by atoms with E-state index in [1.54, 1.807) is 13.2 Å². The molecule has 1 unspecified atom stereocenters. The summed E-state index contributed by atoms with van der Waals surface area (Å²) in [6.45, 7) is 4.04. The highest BCUT2D eigenvalue weighted by Crippen LogP contribution is 2.20. The lowest BCUT2D eigenvalue weighted by Gasteiger charge is -2.32. The summed E-state index contributed by atoms with van der Waals surface area (Å²) in [6, 6.07) is 7.52. The Kier molecular flexibility index (Phi) is 4.03. The molecule has 0 bridgehead atoms. The van der Waals surface area contributed by atoms with Crippen molar-refractivity contribution in [3.63, 3.8) is 0 Å². The highest BCUT2D eigenvalue weighted by molar-refractivity contribution is 5.81. The predicted octanol–water partition coefficient (Wildman–Crippen LogP) is 0.887. The van der Waals surface area contributed by atoms with Crippen LogP contribution >= 0.6 is 0 Å². The van der Waals surface area contributed by atoms with E-state index in [-0.39, 0.29) is 11.9 Å². The molecule has 1 amide bonds. The van der Waals surface area contributed by atoms with Gasteiger partial charge in [0.15, 0.2) is 0 Å². The van der Waals surface area contributed by atoms with Crippen molar-refractivity contribution in [2.75, 3.05) is 20.2 Å². The maximum atomic E-state index is 11.6. The van der Waals surface area contributed by atoms with E-state index in [0.717, 1.165) is 12.1 Å². The minimum atomic E-state index is -0.138. The van der Waals surface area contributed by atoms with Crippen LogP contribution in [0.3, 0.4) is 0 Å². The highest BCUT2D eigenvalue weighted by Gasteiger charge is 2.25. The molecule has 1 aliphatic rings. The van der Waals surface area contributed by atoms with Gasteiger partial charge in [-0.15, -0.1) is 0 Å². The average Bonchev–Trinajstić information content (AvgIpc) is 2.43. The first kappa shape index (κ1) is 13.4.